The van der Waals surface area contributed by atoms with E-state index < -0.39 is 0 Å². The number of rotatable bonds is 3. The fraction of sp³-hybridized carbons (Fsp3) is 0.261. The topological polar surface area (TPSA) is 85.0 Å². The average molecular weight is 413 g/mol. The van der Waals surface area contributed by atoms with Gasteiger partial charge in [0.2, 0.25) is 0 Å². The Bertz CT molecular complexity index is 1230. The minimum Gasteiger partial charge on any atom is -0.366 e. The van der Waals surface area contributed by atoms with Gasteiger partial charge in [-0.25, -0.2) is 0 Å². The predicted octanol–water partition coefficient (Wildman–Crippen LogP) is 3.31. The van der Waals surface area contributed by atoms with Gasteiger partial charge in [-0.05, 0) is 30.8 Å². The monoisotopic (exact) mass is 412 g/mol. The van der Waals surface area contributed by atoms with Crippen LogP contribution in [0.2, 0.25) is 0 Å². The number of hydrogen-bond donors (Lipinski definition) is 3. The highest BCUT2D eigenvalue weighted by molar-refractivity contribution is 5.91. The lowest BCUT2D eigenvalue weighted by atomic mass is 10.0. The van der Waals surface area contributed by atoms with E-state index in [1.165, 1.54) is 0 Å². The molecule has 3 aromatic heterocycles. The molecule has 1 fully saturated rings. The van der Waals surface area contributed by atoms with Crippen molar-refractivity contribution in [1.82, 2.24) is 25.1 Å². The zero-order chi connectivity index (χ0) is 20.8. The van der Waals surface area contributed by atoms with Gasteiger partial charge in [0, 0.05) is 49.5 Å². The lowest BCUT2D eigenvalue weighted by Crippen LogP contribution is -2.44. The van der Waals surface area contributed by atoms with E-state index in [0.29, 0.717) is 0 Å². The zero-order valence-corrected chi connectivity index (χ0v) is 17.3. The molecule has 0 aliphatic carbocycles. The molecule has 1 aromatic carbocycles. The summed E-state index contributed by atoms with van der Waals surface area (Å²) in [6.07, 6.45) is 7.41. The molecule has 156 valence electrons. The quantitative estimate of drug-likeness (QED) is 0.476. The number of pyridine rings is 2. The molecule has 4 aromatic rings. The molecule has 0 bridgehead atoms. The summed E-state index contributed by atoms with van der Waals surface area (Å²) in [5.74, 6) is 0. The Kier molecular flexibility index (Phi) is 4.24. The molecule has 3 N–H and O–H groups in total. The van der Waals surface area contributed by atoms with E-state index in [2.05, 4.69) is 71.9 Å². The van der Waals surface area contributed by atoms with Crippen LogP contribution in [0, 0.1) is 0 Å². The first-order valence-electron chi connectivity index (χ1n) is 10.6. The number of benzene rings is 1. The van der Waals surface area contributed by atoms with Gasteiger partial charge in [-0.1, -0.05) is 12.1 Å². The van der Waals surface area contributed by atoms with Gasteiger partial charge >= 0.3 is 0 Å². The van der Waals surface area contributed by atoms with E-state index in [1.807, 2.05) is 24.7 Å². The van der Waals surface area contributed by atoms with Crippen LogP contribution in [0.4, 0.5) is 17.1 Å². The van der Waals surface area contributed by atoms with Crippen LogP contribution in [-0.2, 0) is 0 Å². The summed E-state index contributed by atoms with van der Waals surface area (Å²) in [6, 6.07) is 10.4. The molecule has 1 saturated heterocycles. The molecule has 5 heterocycles. The lowest BCUT2D eigenvalue weighted by Gasteiger charge is -2.34. The van der Waals surface area contributed by atoms with Gasteiger partial charge in [0.15, 0.2) is 0 Å². The van der Waals surface area contributed by atoms with Crippen LogP contribution in [0.15, 0.2) is 55.1 Å². The number of anilines is 3. The predicted molar refractivity (Wildman–Crippen MR) is 123 cm³/mol. The van der Waals surface area contributed by atoms with Crippen LogP contribution in [0.5, 0.6) is 0 Å². The Hall–Kier alpha value is -3.65. The van der Waals surface area contributed by atoms with Gasteiger partial charge in [0.1, 0.15) is 11.9 Å². The Morgan fingerprint density at radius 3 is 2.68 bits per heavy atom. The molecule has 31 heavy (non-hydrogen) atoms. The van der Waals surface area contributed by atoms with E-state index in [1.54, 1.807) is 6.20 Å². The van der Waals surface area contributed by atoms with Crippen LogP contribution in [-0.4, -0.2) is 58.3 Å². The molecular weight excluding hydrogens is 388 g/mol. The first kappa shape index (κ1) is 18.1. The maximum absolute atomic E-state index is 4.64. The molecule has 0 saturated carbocycles. The number of aromatic amines is 1. The summed E-state index contributed by atoms with van der Waals surface area (Å²) in [7, 11) is 2.17. The standard InChI is InChI=1S/C23H24N8/c1-30-7-9-31(10-8-30)20-14-25-13-19-22(20)27-23(26-19)21-17-11-15(4-5-18(17)28-29-21)16-3-2-6-24-12-16/h2-6,11-14,23,26-27H,7-10H2,1H3,(H,28,29). The van der Waals surface area contributed by atoms with Gasteiger partial charge in [0.25, 0.3) is 0 Å². The van der Waals surface area contributed by atoms with Crippen LogP contribution in [0.25, 0.3) is 22.0 Å². The molecule has 2 aliphatic heterocycles. The second-order valence-corrected chi connectivity index (χ2v) is 8.20. The molecule has 8 heteroatoms. The first-order chi connectivity index (χ1) is 15.3. The lowest BCUT2D eigenvalue weighted by molar-refractivity contribution is 0.313. The number of nitrogens with one attached hydrogen (secondary N) is 3. The van der Waals surface area contributed by atoms with Crippen molar-refractivity contribution in [2.75, 3.05) is 48.8 Å². The van der Waals surface area contributed by atoms with Crippen LogP contribution in [0.1, 0.15) is 11.9 Å². The number of likely N-dealkylation sites (N-methyl/N-ethyl adjacent to an activating group) is 1. The Balaban J connectivity index is 1.33. The summed E-state index contributed by atoms with van der Waals surface area (Å²) < 4.78 is 0. The number of fused-ring (bicyclic) bond motifs is 2. The van der Waals surface area contributed by atoms with Crippen molar-refractivity contribution in [3.05, 3.63) is 60.8 Å². The molecular formula is C23H24N8. The zero-order valence-electron chi connectivity index (χ0n) is 17.3. The van der Waals surface area contributed by atoms with Crippen molar-refractivity contribution in [1.29, 1.82) is 0 Å². The number of nitrogens with zero attached hydrogens (tertiary/aromatic N) is 5. The van der Waals surface area contributed by atoms with Crippen molar-refractivity contribution >= 4 is 28.0 Å². The summed E-state index contributed by atoms with van der Waals surface area (Å²) in [4.78, 5) is 13.5. The Morgan fingerprint density at radius 1 is 0.935 bits per heavy atom. The molecule has 1 unspecified atom stereocenters. The SMILES string of the molecule is CN1CCN(c2cncc3c2NC(c2n[nH]c4ccc(-c5cccnc5)cc24)N3)CC1. The maximum atomic E-state index is 4.64. The van der Waals surface area contributed by atoms with Gasteiger partial charge in [-0.2, -0.15) is 5.10 Å². The van der Waals surface area contributed by atoms with Crippen LogP contribution in [0.3, 0.4) is 0 Å². The van der Waals surface area contributed by atoms with Crippen molar-refractivity contribution < 1.29 is 0 Å². The van der Waals surface area contributed by atoms with E-state index in [-0.39, 0.29) is 6.17 Å². The van der Waals surface area contributed by atoms with E-state index >= 15 is 0 Å². The van der Waals surface area contributed by atoms with E-state index in [4.69, 9.17) is 0 Å². The Morgan fingerprint density at radius 2 is 1.84 bits per heavy atom. The Labute approximate surface area is 180 Å². The summed E-state index contributed by atoms with van der Waals surface area (Å²) in [5, 5.41) is 16.1. The van der Waals surface area contributed by atoms with Gasteiger partial charge in [-0.15, -0.1) is 0 Å². The molecule has 1 atom stereocenters. The third kappa shape index (κ3) is 3.16. The smallest absolute Gasteiger partial charge is 0.143 e. The van der Waals surface area contributed by atoms with E-state index in [9.17, 15) is 0 Å². The van der Waals surface area contributed by atoms with Crippen LogP contribution >= 0.6 is 0 Å². The average Bonchev–Trinajstić information content (AvgIpc) is 3.43. The maximum Gasteiger partial charge on any atom is 0.143 e. The number of H-pyrrole nitrogens is 1. The second kappa shape index (κ2) is 7.24. The van der Waals surface area contributed by atoms with Crippen molar-refractivity contribution in [2.45, 2.75) is 6.17 Å². The summed E-state index contributed by atoms with van der Waals surface area (Å²) >= 11 is 0. The highest BCUT2D eigenvalue weighted by Gasteiger charge is 2.29. The van der Waals surface area contributed by atoms with Crippen LogP contribution < -0.4 is 15.5 Å². The number of hydrogen-bond acceptors (Lipinski definition) is 7. The largest absolute Gasteiger partial charge is 0.366 e. The fourth-order valence-electron chi connectivity index (χ4n) is 4.44. The molecule has 0 amide bonds. The third-order valence-corrected chi connectivity index (χ3v) is 6.22. The van der Waals surface area contributed by atoms with Gasteiger partial charge in [0.05, 0.1) is 35.0 Å². The summed E-state index contributed by atoms with van der Waals surface area (Å²) in [5.41, 5.74) is 7.44. The van der Waals surface area contributed by atoms with Crippen molar-refractivity contribution in [3.8, 4) is 11.1 Å². The minimum atomic E-state index is -0.122. The second-order valence-electron chi connectivity index (χ2n) is 8.20. The number of aromatic nitrogens is 4. The third-order valence-electron chi connectivity index (χ3n) is 6.22. The summed E-state index contributed by atoms with van der Waals surface area (Å²) in [6.45, 7) is 4.12. The fourth-order valence-corrected chi connectivity index (χ4v) is 4.44. The van der Waals surface area contributed by atoms with Crippen molar-refractivity contribution in [2.24, 2.45) is 0 Å². The van der Waals surface area contributed by atoms with Crippen molar-refractivity contribution in [3.63, 3.8) is 0 Å². The minimum absolute atomic E-state index is 0.122. The normalized spacial score (nSPS) is 18.6. The highest BCUT2D eigenvalue weighted by Crippen LogP contribution is 2.42. The molecule has 0 spiro atoms. The molecule has 2 aliphatic rings. The molecule has 8 nitrogen and oxygen atoms in total. The number of piperazine rings is 1. The van der Waals surface area contributed by atoms with E-state index in [0.717, 1.165) is 71.0 Å². The molecule has 0 radical (unpaired) electrons. The highest BCUT2D eigenvalue weighted by atomic mass is 15.3. The van der Waals surface area contributed by atoms with Gasteiger partial charge < -0.3 is 20.4 Å². The van der Waals surface area contributed by atoms with Gasteiger partial charge in [-0.3, -0.25) is 15.1 Å². The first-order valence-corrected chi connectivity index (χ1v) is 10.6. The molecule has 6 rings (SSSR count).